The van der Waals surface area contributed by atoms with Crippen LogP contribution in [0.2, 0.25) is 0 Å². The van der Waals surface area contributed by atoms with Gasteiger partial charge in [0, 0.05) is 24.0 Å². The van der Waals surface area contributed by atoms with Crippen molar-refractivity contribution in [2.24, 2.45) is 0 Å². The van der Waals surface area contributed by atoms with Crippen LogP contribution in [0.15, 0.2) is 30.6 Å². The van der Waals surface area contributed by atoms with E-state index in [1.54, 1.807) is 12.4 Å². The zero-order valence-electron chi connectivity index (χ0n) is 8.41. The van der Waals surface area contributed by atoms with Crippen molar-refractivity contribution < 1.29 is 13.5 Å². The molecule has 1 aromatic carbocycles. The molecule has 1 heterocycles. The number of nitrogens with zero attached hydrogens (tertiary/aromatic N) is 1. The molecule has 0 atom stereocenters. The van der Waals surface area contributed by atoms with Crippen molar-refractivity contribution in [1.82, 2.24) is 9.97 Å². The van der Waals surface area contributed by atoms with E-state index in [4.69, 9.17) is 4.74 Å². The number of ether oxygens (including phenoxy) is 1. The van der Waals surface area contributed by atoms with Gasteiger partial charge in [0.25, 0.3) is 0 Å². The first kappa shape index (κ1) is 10.8. The normalized spacial score (nSPS) is 10.6. The summed E-state index contributed by atoms with van der Waals surface area (Å²) in [6.45, 7) is 0.358. The maximum atomic E-state index is 13.2. The number of H-pyrrole nitrogens is 1. The quantitative estimate of drug-likeness (QED) is 0.865. The second-order valence-corrected chi connectivity index (χ2v) is 3.26. The Kier molecular flexibility index (Phi) is 3.26. The monoisotopic (exact) mass is 224 g/mol. The lowest BCUT2D eigenvalue weighted by Crippen LogP contribution is -1.98. The molecule has 0 unspecified atom stereocenters. The van der Waals surface area contributed by atoms with Crippen molar-refractivity contribution >= 4 is 0 Å². The van der Waals surface area contributed by atoms with Gasteiger partial charge in [0.05, 0.1) is 6.61 Å². The van der Waals surface area contributed by atoms with Gasteiger partial charge in [0.1, 0.15) is 24.1 Å². The van der Waals surface area contributed by atoms with Gasteiger partial charge in [0.2, 0.25) is 0 Å². The van der Waals surface area contributed by atoms with Crippen molar-refractivity contribution in [3.8, 4) is 0 Å². The average molecular weight is 224 g/mol. The molecule has 0 radical (unpaired) electrons. The second-order valence-electron chi connectivity index (χ2n) is 3.26. The maximum Gasteiger partial charge on any atom is 0.132 e. The Hall–Kier alpha value is -1.75. The van der Waals surface area contributed by atoms with Gasteiger partial charge in [-0.1, -0.05) is 6.07 Å². The van der Waals surface area contributed by atoms with Gasteiger partial charge in [-0.15, -0.1) is 0 Å². The van der Waals surface area contributed by atoms with E-state index in [1.165, 1.54) is 12.1 Å². The van der Waals surface area contributed by atoms with E-state index >= 15 is 0 Å². The van der Waals surface area contributed by atoms with Crippen LogP contribution in [0.3, 0.4) is 0 Å². The zero-order chi connectivity index (χ0) is 11.4. The van der Waals surface area contributed by atoms with Crippen LogP contribution in [-0.4, -0.2) is 9.97 Å². The van der Waals surface area contributed by atoms with Crippen LogP contribution in [0, 0.1) is 11.6 Å². The number of rotatable bonds is 4. The molecular formula is C11H10F2N2O. The molecule has 2 rings (SSSR count). The van der Waals surface area contributed by atoms with Crippen molar-refractivity contribution in [2.75, 3.05) is 0 Å². The van der Waals surface area contributed by atoms with Crippen molar-refractivity contribution in [2.45, 2.75) is 13.2 Å². The third-order valence-electron chi connectivity index (χ3n) is 2.07. The van der Waals surface area contributed by atoms with E-state index in [0.29, 0.717) is 11.4 Å². The summed E-state index contributed by atoms with van der Waals surface area (Å²) in [5.74, 6) is -0.519. The number of benzene rings is 1. The summed E-state index contributed by atoms with van der Waals surface area (Å²) >= 11 is 0. The Bertz CT molecular complexity index is 457. The van der Waals surface area contributed by atoms with E-state index in [9.17, 15) is 8.78 Å². The van der Waals surface area contributed by atoms with Crippen LogP contribution in [0.5, 0.6) is 0 Å². The fraction of sp³-hybridized carbons (Fsp3) is 0.182. The molecule has 0 amide bonds. The zero-order valence-corrected chi connectivity index (χ0v) is 8.41. The number of halogens is 2. The molecule has 84 valence electrons. The molecule has 0 aliphatic rings. The van der Waals surface area contributed by atoms with Gasteiger partial charge in [-0.05, 0) is 6.07 Å². The van der Waals surface area contributed by atoms with Gasteiger partial charge in [-0.25, -0.2) is 13.8 Å². The Morgan fingerprint density at radius 3 is 2.81 bits per heavy atom. The Morgan fingerprint density at radius 1 is 1.25 bits per heavy atom. The number of aromatic amines is 1. The van der Waals surface area contributed by atoms with E-state index in [0.717, 1.165) is 6.07 Å². The Labute approximate surface area is 91.1 Å². The predicted octanol–water partition coefficient (Wildman–Crippen LogP) is 2.40. The van der Waals surface area contributed by atoms with Gasteiger partial charge in [-0.3, -0.25) is 0 Å². The topological polar surface area (TPSA) is 37.9 Å². The van der Waals surface area contributed by atoms with E-state index in [1.807, 2.05) is 0 Å². The molecule has 3 nitrogen and oxygen atoms in total. The molecule has 0 saturated carbocycles. The molecular weight excluding hydrogens is 214 g/mol. The molecule has 5 heteroatoms. The summed E-state index contributed by atoms with van der Waals surface area (Å²) in [5, 5.41) is 0. The van der Waals surface area contributed by atoms with Crippen molar-refractivity contribution in [3.05, 3.63) is 53.6 Å². The Morgan fingerprint density at radius 2 is 2.12 bits per heavy atom. The van der Waals surface area contributed by atoms with E-state index < -0.39 is 11.6 Å². The van der Waals surface area contributed by atoms with Crippen LogP contribution in [0.1, 0.15) is 11.4 Å². The fourth-order valence-electron chi connectivity index (χ4n) is 1.27. The first-order valence-corrected chi connectivity index (χ1v) is 4.75. The van der Waals surface area contributed by atoms with Crippen LogP contribution in [0.4, 0.5) is 8.78 Å². The maximum absolute atomic E-state index is 13.2. The minimum Gasteiger partial charge on any atom is -0.369 e. The summed E-state index contributed by atoms with van der Waals surface area (Å²) in [7, 11) is 0. The van der Waals surface area contributed by atoms with Gasteiger partial charge < -0.3 is 9.72 Å². The summed E-state index contributed by atoms with van der Waals surface area (Å²) in [6, 6.07) is 3.41. The lowest BCUT2D eigenvalue weighted by Gasteiger charge is -2.03. The molecule has 0 bridgehead atoms. The number of imidazole rings is 1. The lowest BCUT2D eigenvalue weighted by atomic mass is 10.2. The van der Waals surface area contributed by atoms with Crippen molar-refractivity contribution in [1.29, 1.82) is 0 Å². The molecule has 16 heavy (non-hydrogen) atoms. The first-order chi connectivity index (χ1) is 7.75. The molecule has 0 saturated heterocycles. The summed E-state index contributed by atoms with van der Waals surface area (Å²) in [4.78, 5) is 6.81. The molecule has 1 N–H and O–H groups in total. The van der Waals surface area contributed by atoms with Gasteiger partial charge in [0.15, 0.2) is 0 Å². The number of aromatic nitrogens is 2. The lowest BCUT2D eigenvalue weighted by molar-refractivity contribution is 0.0998. The molecule has 0 aliphatic carbocycles. The largest absolute Gasteiger partial charge is 0.369 e. The minimum absolute atomic E-state index is 0.0901. The number of nitrogens with one attached hydrogen (secondary N) is 1. The highest BCUT2D eigenvalue weighted by atomic mass is 19.1. The highest BCUT2D eigenvalue weighted by molar-refractivity contribution is 5.17. The van der Waals surface area contributed by atoms with Crippen LogP contribution in [-0.2, 0) is 18.0 Å². The first-order valence-electron chi connectivity index (χ1n) is 4.75. The third-order valence-corrected chi connectivity index (χ3v) is 2.07. The molecule has 2 aromatic rings. The fourth-order valence-corrected chi connectivity index (χ4v) is 1.27. The highest BCUT2D eigenvalue weighted by Gasteiger charge is 2.04. The van der Waals surface area contributed by atoms with Gasteiger partial charge >= 0.3 is 0 Å². The number of hydrogen-bond acceptors (Lipinski definition) is 2. The standard InChI is InChI=1S/C11H10F2N2O/c12-9-2-1-8(10(13)5-9)6-16-7-11-14-3-4-15-11/h1-5H,6-7H2,(H,14,15). The minimum atomic E-state index is -0.598. The second kappa shape index (κ2) is 4.85. The van der Waals surface area contributed by atoms with Gasteiger partial charge in [-0.2, -0.15) is 0 Å². The van der Waals surface area contributed by atoms with Crippen LogP contribution in [0.25, 0.3) is 0 Å². The van der Waals surface area contributed by atoms with E-state index in [-0.39, 0.29) is 13.2 Å². The van der Waals surface area contributed by atoms with E-state index in [2.05, 4.69) is 9.97 Å². The van der Waals surface area contributed by atoms with Crippen LogP contribution < -0.4 is 0 Å². The average Bonchev–Trinajstić information content (AvgIpc) is 2.74. The SMILES string of the molecule is Fc1ccc(COCc2ncc[nH]2)c(F)c1. The molecule has 1 aromatic heterocycles. The van der Waals surface area contributed by atoms with Crippen LogP contribution >= 0.6 is 0 Å². The highest BCUT2D eigenvalue weighted by Crippen LogP contribution is 2.11. The molecule has 0 aliphatic heterocycles. The smallest absolute Gasteiger partial charge is 0.132 e. The van der Waals surface area contributed by atoms with Crippen molar-refractivity contribution in [3.63, 3.8) is 0 Å². The molecule has 0 fully saturated rings. The Balaban J connectivity index is 1.90. The summed E-state index contributed by atoms with van der Waals surface area (Å²) in [5.41, 5.74) is 0.327. The summed E-state index contributed by atoms with van der Waals surface area (Å²) < 4.78 is 31.0. The third kappa shape index (κ3) is 2.64. The predicted molar refractivity (Wildman–Crippen MR) is 53.4 cm³/mol. The summed E-state index contributed by atoms with van der Waals surface area (Å²) in [6.07, 6.45) is 3.29. The number of hydrogen-bond donors (Lipinski definition) is 1. The molecule has 0 spiro atoms.